The lowest BCUT2D eigenvalue weighted by Gasteiger charge is -2.17. The summed E-state index contributed by atoms with van der Waals surface area (Å²) in [5.74, 6) is 1.78. The summed E-state index contributed by atoms with van der Waals surface area (Å²) < 4.78 is 10.9. The number of aromatic amines is 1. The number of benzene rings is 2. The van der Waals surface area contributed by atoms with Crippen LogP contribution in [-0.4, -0.2) is 39.8 Å². The zero-order valence-electron chi connectivity index (χ0n) is 17.1. The molecule has 2 aromatic heterocycles. The minimum Gasteiger partial charge on any atom is -0.493 e. The van der Waals surface area contributed by atoms with Gasteiger partial charge in [-0.15, -0.1) is 5.10 Å². The van der Waals surface area contributed by atoms with Gasteiger partial charge in [0.2, 0.25) is 0 Å². The number of rotatable bonds is 8. The maximum Gasteiger partial charge on any atom is 0.263 e. The van der Waals surface area contributed by atoms with Crippen LogP contribution in [-0.2, 0) is 13.0 Å². The number of pyridine rings is 1. The molecule has 0 fully saturated rings. The van der Waals surface area contributed by atoms with Gasteiger partial charge in [0, 0.05) is 35.6 Å². The van der Waals surface area contributed by atoms with Crippen LogP contribution in [0.1, 0.15) is 18.1 Å². The number of hydrogen-bond donors (Lipinski definition) is 3. The van der Waals surface area contributed by atoms with Crippen LogP contribution in [0.5, 0.6) is 11.5 Å². The van der Waals surface area contributed by atoms with Crippen LogP contribution in [0.3, 0.4) is 0 Å². The number of hydrogen-bond acceptors (Lipinski definition) is 8. The Kier molecular flexibility index (Phi) is 5.60. The van der Waals surface area contributed by atoms with Crippen molar-refractivity contribution < 1.29 is 9.47 Å². The molecule has 30 heavy (non-hydrogen) atoms. The molecule has 4 rings (SSSR count). The summed E-state index contributed by atoms with van der Waals surface area (Å²) in [4.78, 5) is 4.48. The average molecular weight is 405 g/mol. The molecule has 0 unspecified atom stereocenters. The third-order valence-corrected chi connectivity index (χ3v) is 4.93. The summed E-state index contributed by atoms with van der Waals surface area (Å²) in [5, 5.41) is 21.6. The first-order chi connectivity index (χ1) is 14.7. The molecule has 9 nitrogen and oxygen atoms in total. The first-order valence-corrected chi connectivity index (χ1v) is 9.59. The van der Waals surface area contributed by atoms with E-state index in [-0.39, 0.29) is 0 Å². The highest BCUT2D eigenvalue weighted by Crippen LogP contribution is 2.36. The molecule has 0 bridgehead atoms. The summed E-state index contributed by atoms with van der Waals surface area (Å²) >= 11 is 0. The molecule has 2 heterocycles. The van der Waals surface area contributed by atoms with Crippen LogP contribution < -0.4 is 20.1 Å². The van der Waals surface area contributed by atoms with Crippen molar-refractivity contribution in [3.8, 4) is 11.5 Å². The lowest BCUT2D eigenvalue weighted by molar-refractivity contribution is 0.356. The molecule has 4 aromatic rings. The van der Waals surface area contributed by atoms with E-state index in [1.165, 1.54) is 5.56 Å². The smallest absolute Gasteiger partial charge is 0.263 e. The molecule has 0 amide bonds. The third-order valence-electron chi connectivity index (χ3n) is 4.93. The van der Waals surface area contributed by atoms with Crippen molar-refractivity contribution in [2.75, 3.05) is 24.9 Å². The molecule has 3 N–H and O–H groups in total. The fourth-order valence-electron chi connectivity index (χ4n) is 3.47. The molecule has 9 heteroatoms. The van der Waals surface area contributed by atoms with E-state index in [2.05, 4.69) is 55.3 Å². The van der Waals surface area contributed by atoms with Gasteiger partial charge in [0.15, 0.2) is 11.5 Å². The molecule has 0 spiro atoms. The molecule has 0 saturated heterocycles. The third kappa shape index (κ3) is 3.82. The maximum atomic E-state index is 5.47. The van der Waals surface area contributed by atoms with Crippen LogP contribution in [0, 0.1) is 0 Å². The number of aromatic nitrogens is 5. The number of nitrogens with one attached hydrogen (secondary N) is 3. The maximum absolute atomic E-state index is 5.47. The van der Waals surface area contributed by atoms with E-state index >= 15 is 0 Å². The summed E-state index contributed by atoms with van der Waals surface area (Å²) in [6.07, 6.45) is 2.65. The Labute approximate surface area is 173 Å². The predicted molar refractivity (Wildman–Crippen MR) is 115 cm³/mol. The molecular weight excluding hydrogens is 382 g/mol. The van der Waals surface area contributed by atoms with Gasteiger partial charge in [-0.25, -0.2) is 0 Å². The SMILES string of the molecule is CCc1c(CNc2nn[nH]n2)cccc1Nc1ccnc2cc(OC)c(OC)cc12. The number of methoxy groups -OCH3 is 2. The van der Waals surface area contributed by atoms with Gasteiger partial charge in [-0.2, -0.15) is 5.21 Å². The Balaban J connectivity index is 1.68. The van der Waals surface area contributed by atoms with Crippen molar-refractivity contribution in [3.05, 3.63) is 53.7 Å². The van der Waals surface area contributed by atoms with E-state index in [1.54, 1.807) is 20.4 Å². The average Bonchev–Trinajstić information content (AvgIpc) is 3.30. The molecule has 2 aromatic carbocycles. The van der Waals surface area contributed by atoms with Crippen LogP contribution in [0.4, 0.5) is 17.3 Å². The molecule has 0 radical (unpaired) electrons. The van der Waals surface area contributed by atoms with Crippen LogP contribution in [0.25, 0.3) is 10.9 Å². The van der Waals surface area contributed by atoms with Gasteiger partial charge in [0.05, 0.1) is 19.7 Å². The lowest BCUT2D eigenvalue weighted by Crippen LogP contribution is -2.06. The summed E-state index contributed by atoms with van der Waals surface area (Å²) in [5.41, 5.74) is 5.17. The minimum atomic E-state index is 0.469. The van der Waals surface area contributed by atoms with Gasteiger partial charge >= 0.3 is 0 Å². The first-order valence-electron chi connectivity index (χ1n) is 9.59. The zero-order valence-corrected chi connectivity index (χ0v) is 17.1. The second-order valence-corrected chi connectivity index (χ2v) is 6.59. The summed E-state index contributed by atoms with van der Waals surface area (Å²) in [6, 6.07) is 12.0. The fraction of sp³-hybridized carbons (Fsp3) is 0.238. The number of anilines is 3. The Bertz CT molecular complexity index is 1150. The fourth-order valence-corrected chi connectivity index (χ4v) is 3.47. The standard InChI is InChI=1S/C21H23N7O2/c1-4-14-13(12-23-21-25-27-28-26-21)6-5-7-16(14)24-17-8-9-22-18-11-20(30-3)19(29-2)10-15(17)18/h5-11H,4,12H2,1-3H3,(H,22,24)(H2,23,25,26,27,28). The Morgan fingerprint density at radius 1 is 1.03 bits per heavy atom. The highest BCUT2D eigenvalue weighted by Gasteiger charge is 2.12. The quantitative estimate of drug-likeness (QED) is 0.407. The van der Waals surface area contributed by atoms with E-state index in [4.69, 9.17) is 9.47 Å². The molecule has 0 aliphatic rings. The summed E-state index contributed by atoms with van der Waals surface area (Å²) in [6.45, 7) is 2.73. The minimum absolute atomic E-state index is 0.469. The largest absolute Gasteiger partial charge is 0.493 e. The summed E-state index contributed by atoms with van der Waals surface area (Å²) in [7, 11) is 3.25. The van der Waals surface area contributed by atoms with Gasteiger partial charge in [-0.3, -0.25) is 4.98 Å². The van der Waals surface area contributed by atoms with Crippen molar-refractivity contribution in [1.82, 2.24) is 25.6 Å². The Morgan fingerprint density at radius 2 is 1.87 bits per heavy atom. The van der Waals surface area contributed by atoms with Gasteiger partial charge < -0.3 is 20.1 Å². The zero-order chi connectivity index (χ0) is 20.9. The number of fused-ring (bicyclic) bond motifs is 1. The molecular formula is C21H23N7O2. The number of H-pyrrole nitrogens is 1. The second kappa shape index (κ2) is 8.64. The van der Waals surface area contributed by atoms with Crippen LogP contribution in [0.15, 0.2) is 42.6 Å². The van der Waals surface area contributed by atoms with Crippen molar-refractivity contribution >= 4 is 28.2 Å². The van der Waals surface area contributed by atoms with E-state index in [9.17, 15) is 0 Å². The number of tetrazole rings is 1. The van der Waals surface area contributed by atoms with Gasteiger partial charge in [-0.1, -0.05) is 24.2 Å². The molecule has 0 aliphatic heterocycles. The van der Waals surface area contributed by atoms with Crippen molar-refractivity contribution in [1.29, 1.82) is 0 Å². The van der Waals surface area contributed by atoms with Crippen molar-refractivity contribution in [3.63, 3.8) is 0 Å². The Hall–Kier alpha value is -3.88. The Morgan fingerprint density at radius 3 is 2.60 bits per heavy atom. The highest BCUT2D eigenvalue weighted by atomic mass is 16.5. The van der Waals surface area contributed by atoms with Gasteiger partial charge in [-0.05, 0) is 41.0 Å². The number of ether oxygens (including phenoxy) is 2. The van der Waals surface area contributed by atoms with E-state index < -0.39 is 0 Å². The van der Waals surface area contributed by atoms with Crippen LogP contribution in [0.2, 0.25) is 0 Å². The molecule has 0 saturated carbocycles. The highest BCUT2D eigenvalue weighted by molar-refractivity contribution is 5.95. The van der Waals surface area contributed by atoms with Crippen molar-refractivity contribution in [2.24, 2.45) is 0 Å². The monoisotopic (exact) mass is 405 g/mol. The van der Waals surface area contributed by atoms with Crippen LogP contribution >= 0.6 is 0 Å². The first kappa shape index (κ1) is 19.4. The van der Waals surface area contributed by atoms with E-state index in [0.29, 0.717) is 24.0 Å². The molecule has 0 atom stereocenters. The second-order valence-electron chi connectivity index (χ2n) is 6.59. The van der Waals surface area contributed by atoms with E-state index in [0.717, 1.165) is 34.3 Å². The van der Waals surface area contributed by atoms with Crippen molar-refractivity contribution in [2.45, 2.75) is 19.9 Å². The normalized spacial score (nSPS) is 10.8. The lowest BCUT2D eigenvalue weighted by atomic mass is 10.0. The molecule has 0 aliphatic carbocycles. The van der Waals surface area contributed by atoms with E-state index in [1.807, 2.05) is 24.3 Å². The number of nitrogens with zero attached hydrogens (tertiary/aromatic N) is 4. The van der Waals surface area contributed by atoms with Gasteiger partial charge in [0.25, 0.3) is 5.95 Å². The predicted octanol–water partition coefficient (Wildman–Crippen LogP) is 3.68. The molecule has 154 valence electrons. The topological polar surface area (TPSA) is 110 Å². The van der Waals surface area contributed by atoms with Gasteiger partial charge in [0.1, 0.15) is 0 Å².